The lowest BCUT2D eigenvalue weighted by molar-refractivity contribution is 0.187. The van der Waals surface area contributed by atoms with Crippen LogP contribution in [0.2, 0.25) is 0 Å². The molecular weight excluding hydrogens is 191 g/mol. The van der Waals surface area contributed by atoms with Crippen molar-refractivity contribution in [1.82, 2.24) is 0 Å². The van der Waals surface area contributed by atoms with Crippen molar-refractivity contribution in [2.24, 2.45) is 0 Å². The van der Waals surface area contributed by atoms with Gasteiger partial charge in [-0.15, -0.1) is 0 Å². The minimum atomic E-state index is -0.235. The fourth-order valence-corrected chi connectivity index (χ4v) is 1.56. The third-order valence-electron chi connectivity index (χ3n) is 2.73. The van der Waals surface area contributed by atoms with Crippen molar-refractivity contribution >= 4 is 12.6 Å². The number of hydrogen-bond acceptors (Lipinski definition) is 3. The molecule has 1 aromatic rings. The van der Waals surface area contributed by atoms with Crippen LogP contribution in [0.4, 0.5) is 0 Å². The number of rotatable bonds is 2. The van der Waals surface area contributed by atoms with Crippen LogP contribution in [0.1, 0.15) is 13.8 Å². The Balaban J connectivity index is 2.10. The van der Waals surface area contributed by atoms with Crippen LogP contribution in [0.15, 0.2) is 24.3 Å². The average molecular weight is 206 g/mol. The van der Waals surface area contributed by atoms with Crippen LogP contribution in [0.5, 0.6) is 5.75 Å². The van der Waals surface area contributed by atoms with E-state index in [2.05, 4.69) is 0 Å². The van der Waals surface area contributed by atoms with Crippen molar-refractivity contribution in [2.75, 3.05) is 7.11 Å². The number of hydrogen-bond donors (Lipinski definition) is 0. The van der Waals surface area contributed by atoms with Crippen LogP contribution in [0.3, 0.4) is 0 Å². The molecule has 0 aliphatic carbocycles. The van der Waals surface area contributed by atoms with E-state index in [1.807, 2.05) is 38.1 Å². The van der Waals surface area contributed by atoms with Crippen LogP contribution in [0, 0.1) is 0 Å². The molecule has 1 aliphatic heterocycles. The molecule has 1 aromatic carbocycles. The molecule has 2 rings (SSSR count). The van der Waals surface area contributed by atoms with E-state index in [0.717, 1.165) is 11.2 Å². The maximum Gasteiger partial charge on any atom is 0.494 e. The number of ether oxygens (including phenoxy) is 1. The van der Waals surface area contributed by atoms with E-state index in [1.54, 1.807) is 7.11 Å². The maximum atomic E-state index is 5.67. The highest BCUT2D eigenvalue weighted by Crippen LogP contribution is 2.16. The largest absolute Gasteiger partial charge is 0.497 e. The molecule has 3 nitrogen and oxygen atoms in total. The van der Waals surface area contributed by atoms with Crippen LogP contribution < -0.4 is 10.2 Å². The molecule has 4 heteroatoms. The second-order valence-corrected chi connectivity index (χ2v) is 3.79. The van der Waals surface area contributed by atoms with Gasteiger partial charge in [0.15, 0.2) is 0 Å². The summed E-state index contributed by atoms with van der Waals surface area (Å²) in [5, 5.41) is 0. The summed E-state index contributed by atoms with van der Waals surface area (Å²) in [7, 11) is 1.42. The second kappa shape index (κ2) is 4.25. The van der Waals surface area contributed by atoms with Crippen LogP contribution in [-0.4, -0.2) is 26.4 Å². The Bertz CT molecular complexity index is 315. The summed E-state index contributed by atoms with van der Waals surface area (Å²) in [6.45, 7) is 4.04. The van der Waals surface area contributed by atoms with Crippen LogP contribution >= 0.6 is 0 Å². The van der Waals surface area contributed by atoms with E-state index in [9.17, 15) is 0 Å². The van der Waals surface area contributed by atoms with Crippen molar-refractivity contribution in [3.8, 4) is 5.75 Å². The van der Waals surface area contributed by atoms with E-state index in [1.165, 1.54) is 0 Å². The average Bonchev–Trinajstić information content (AvgIpc) is 2.59. The zero-order chi connectivity index (χ0) is 10.8. The second-order valence-electron chi connectivity index (χ2n) is 3.79. The van der Waals surface area contributed by atoms with Gasteiger partial charge in [0.05, 0.1) is 19.3 Å². The van der Waals surface area contributed by atoms with E-state index < -0.39 is 0 Å². The van der Waals surface area contributed by atoms with Gasteiger partial charge in [-0.1, -0.05) is 12.1 Å². The summed E-state index contributed by atoms with van der Waals surface area (Å²) < 4.78 is 16.4. The topological polar surface area (TPSA) is 27.7 Å². The Morgan fingerprint density at radius 1 is 1.07 bits per heavy atom. The molecule has 2 unspecified atom stereocenters. The van der Waals surface area contributed by atoms with Crippen molar-refractivity contribution < 1.29 is 14.0 Å². The smallest absolute Gasteiger partial charge is 0.494 e. The lowest BCUT2D eigenvalue weighted by Gasteiger charge is -2.05. The number of benzene rings is 1. The first kappa shape index (κ1) is 10.5. The molecule has 0 N–H and O–H groups in total. The molecule has 0 bridgehead atoms. The van der Waals surface area contributed by atoms with Crippen molar-refractivity contribution in [2.45, 2.75) is 26.1 Å². The van der Waals surface area contributed by atoms with E-state index in [-0.39, 0.29) is 19.3 Å². The highest BCUT2D eigenvalue weighted by molar-refractivity contribution is 6.61. The predicted molar refractivity (Wildman–Crippen MR) is 59.5 cm³/mol. The van der Waals surface area contributed by atoms with Gasteiger partial charge in [0.25, 0.3) is 0 Å². The van der Waals surface area contributed by atoms with Gasteiger partial charge in [-0.2, -0.15) is 0 Å². The summed E-state index contributed by atoms with van der Waals surface area (Å²) in [5.74, 6) is 0.845. The van der Waals surface area contributed by atoms with Crippen molar-refractivity contribution in [3.05, 3.63) is 24.3 Å². The standard InChI is InChI=1S/C11H15BO3/c1-8-9(2)15-12(14-8)10-4-6-11(13-3)7-5-10/h4-9H,1-3H3. The Morgan fingerprint density at radius 2 is 1.60 bits per heavy atom. The molecule has 1 aliphatic rings. The van der Waals surface area contributed by atoms with Crippen LogP contribution in [0.25, 0.3) is 0 Å². The van der Waals surface area contributed by atoms with E-state index in [0.29, 0.717) is 0 Å². The first-order valence-electron chi connectivity index (χ1n) is 5.15. The predicted octanol–water partition coefficient (Wildman–Crippen LogP) is 1.21. The van der Waals surface area contributed by atoms with Crippen molar-refractivity contribution in [1.29, 1.82) is 0 Å². The normalized spacial score (nSPS) is 25.7. The van der Waals surface area contributed by atoms with Gasteiger partial charge in [-0.25, -0.2) is 0 Å². The summed E-state index contributed by atoms with van der Waals surface area (Å²) in [6.07, 6.45) is 0.300. The first-order chi connectivity index (χ1) is 7.20. The molecule has 1 fully saturated rings. The van der Waals surface area contributed by atoms with Gasteiger partial charge in [-0.05, 0) is 31.4 Å². The minimum absolute atomic E-state index is 0.150. The molecule has 0 saturated carbocycles. The van der Waals surface area contributed by atoms with Gasteiger partial charge in [0.2, 0.25) is 0 Å². The SMILES string of the molecule is COc1ccc(B2OC(C)C(C)O2)cc1. The summed E-state index contributed by atoms with van der Waals surface area (Å²) in [4.78, 5) is 0. The Kier molecular flexibility index (Phi) is 2.98. The summed E-state index contributed by atoms with van der Waals surface area (Å²) in [6, 6.07) is 7.76. The molecule has 1 saturated heterocycles. The Hall–Kier alpha value is -0.995. The zero-order valence-electron chi connectivity index (χ0n) is 9.27. The molecule has 80 valence electrons. The third-order valence-corrected chi connectivity index (χ3v) is 2.73. The highest BCUT2D eigenvalue weighted by Gasteiger charge is 2.35. The van der Waals surface area contributed by atoms with Gasteiger partial charge in [-0.3, -0.25) is 0 Å². The van der Waals surface area contributed by atoms with E-state index >= 15 is 0 Å². The van der Waals surface area contributed by atoms with Crippen LogP contribution in [-0.2, 0) is 9.31 Å². The fourth-order valence-electron chi connectivity index (χ4n) is 1.56. The maximum absolute atomic E-state index is 5.67. The lowest BCUT2D eigenvalue weighted by Crippen LogP contribution is -2.32. The van der Waals surface area contributed by atoms with Gasteiger partial charge in [0, 0.05) is 0 Å². The monoisotopic (exact) mass is 206 g/mol. The molecule has 0 aromatic heterocycles. The third kappa shape index (κ3) is 2.16. The quantitative estimate of drug-likeness (QED) is 0.680. The van der Waals surface area contributed by atoms with Gasteiger partial charge in [0.1, 0.15) is 5.75 Å². The Labute approximate surface area is 90.5 Å². The molecule has 0 amide bonds. The Morgan fingerprint density at radius 3 is 2.07 bits per heavy atom. The van der Waals surface area contributed by atoms with E-state index in [4.69, 9.17) is 14.0 Å². The minimum Gasteiger partial charge on any atom is -0.497 e. The highest BCUT2D eigenvalue weighted by atomic mass is 16.7. The first-order valence-corrected chi connectivity index (χ1v) is 5.15. The summed E-state index contributed by atoms with van der Waals surface area (Å²) >= 11 is 0. The molecule has 0 spiro atoms. The van der Waals surface area contributed by atoms with Gasteiger partial charge >= 0.3 is 7.12 Å². The fraction of sp³-hybridized carbons (Fsp3) is 0.455. The van der Waals surface area contributed by atoms with Gasteiger partial charge < -0.3 is 14.0 Å². The molecule has 2 atom stereocenters. The summed E-state index contributed by atoms with van der Waals surface area (Å²) in [5.41, 5.74) is 1.03. The molecule has 0 radical (unpaired) electrons. The van der Waals surface area contributed by atoms with Crippen molar-refractivity contribution in [3.63, 3.8) is 0 Å². The molecular formula is C11H15BO3. The number of methoxy groups -OCH3 is 1. The molecule has 15 heavy (non-hydrogen) atoms. The molecule has 1 heterocycles. The lowest BCUT2D eigenvalue weighted by atomic mass is 9.79. The zero-order valence-corrected chi connectivity index (χ0v) is 9.27.